The Morgan fingerprint density at radius 3 is 2.78 bits per heavy atom. The summed E-state index contributed by atoms with van der Waals surface area (Å²) in [6.07, 6.45) is 1.65. The van der Waals surface area contributed by atoms with Gasteiger partial charge in [-0.25, -0.2) is 4.79 Å². The van der Waals surface area contributed by atoms with Crippen molar-refractivity contribution in [2.75, 3.05) is 0 Å². The van der Waals surface area contributed by atoms with Gasteiger partial charge < -0.3 is 4.57 Å². The fraction of sp³-hybridized carbons (Fsp3) is 0.364. The molecular weight excluding hydrogens is 256 g/mol. The van der Waals surface area contributed by atoms with Crippen molar-refractivity contribution in [3.63, 3.8) is 0 Å². The van der Waals surface area contributed by atoms with E-state index in [1.807, 2.05) is 6.92 Å². The van der Waals surface area contributed by atoms with E-state index < -0.39 is 11.2 Å². The maximum absolute atomic E-state index is 11.9. The van der Waals surface area contributed by atoms with E-state index in [0.717, 1.165) is 0 Å². The zero-order valence-electron chi connectivity index (χ0n) is 10.1. The van der Waals surface area contributed by atoms with Gasteiger partial charge in [0.15, 0.2) is 11.2 Å². The maximum Gasteiger partial charge on any atom is 0.330 e. The standard InChI is InChI=1S/C11H13ClN4O2/c1-4-6(3)16-7-8(13-10(16)12)15(5-2)11(18)14-9(7)17/h4,6H,1,5H2,2-3H3,(H,14,17,18)/t6-/m1/s1. The zero-order chi connectivity index (χ0) is 13.4. The summed E-state index contributed by atoms with van der Waals surface area (Å²) in [7, 11) is 0. The topological polar surface area (TPSA) is 72.7 Å². The third kappa shape index (κ3) is 1.69. The summed E-state index contributed by atoms with van der Waals surface area (Å²) >= 11 is 6.03. The molecule has 2 rings (SSSR count). The first-order valence-electron chi connectivity index (χ1n) is 5.54. The van der Waals surface area contributed by atoms with Crippen LogP contribution in [0.1, 0.15) is 19.9 Å². The molecule has 0 aliphatic heterocycles. The Hall–Kier alpha value is -1.82. The van der Waals surface area contributed by atoms with E-state index in [1.165, 1.54) is 4.57 Å². The molecule has 0 spiro atoms. The number of nitrogens with zero attached hydrogens (tertiary/aromatic N) is 3. The van der Waals surface area contributed by atoms with Gasteiger partial charge >= 0.3 is 5.69 Å². The number of halogens is 1. The minimum Gasteiger partial charge on any atom is -0.302 e. The summed E-state index contributed by atoms with van der Waals surface area (Å²) in [5.74, 6) is 0. The number of aryl methyl sites for hydroxylation is 1. The van der Waals surface area contributed by atoms with Crippen molar-refractivity contribution in [3.05, 3.63) is 38.8 Å². The number of imidazole rings is 1. The van der Waals surface area contributed by atoms with Crippen molar-refractivity contribution in [2.45, 2.75) is 26.4 Å². The first kappa shape index (κ1) is 12.6. The zero-order valence-corrected chi connectivity index (χ0v) is 10.9. The molecule has 1 atom stereocenters. The summed E-state index contributed by atoms with van der Waals surface area (Å²) in [5.41, 5.74) is -0.394. The van der Waals surface area contributed by atoms with E-state index in [0.29, 0.717) is 12.2 Å². The van der Waals surface area contributed by atoms with Gasteiger partial charge in [-0.2, -0.15) is 4.98 Å². The smallest absolute Gasteiger partial charge is 0.302 e. The van der Waals surface area contributed by atoms with Crippen LogP contribution >= 0.6 is 11.6 Å². The van der Waals surface area contributed by atoms with Crippen LogP contribution in [0.4, 0.5) is 0 Å². The summed E-state index contributed by atoms with van der Waals surface area (Å²) in [6.45, 7) is 7.70. The van der Waals surface area contributed by atoms with Crippen LogP contribution in [-0.2, 0) is 6.54 Å². The second kappa shape index (κ2) is 4.45. The molecule has 2 heterocycles. The highest BCUT2D eigenvalue weighted by Gasteiger charge is 2.18. The number of hydrogen-bond acceptors (Lipinski definition) is 3. The van der Waals surface area contributed by atoms with Crippen LogP contribution in [0.15, 0.2) is 22.2 Å². The fourth-order valence-electron chi connectivity index (χ4n) is 1.88. The summed E-state index contributed by atoms with van der Waals surface area (Å²) in [5, 5.41) is 0.163. The molecule has 0 radical (unpaired) electrons. The quantitative estimate of drug-likeness (QED) is 0.674. The van der Waals surface area contributed by atoms with E-state index in [-0.39, 0.29) is 16.8 Å². The molecule has 0 aliphatic rings. The van der Waals surface area contributed by atoms with E-state index in [4.69, 9.17) is 11.6 Å². The third-order valence-electron chi connectivity index (χ3n) is 2.85. The van der Waals surface area contributed by atoms with Crippen LogP contribution < -0.4 is 11.2 Å². The van der Waals surface area contributed by atoms with E-state index in [1.54, 1.807) is 17.6 Å². The fourth-order valence-corrected chi connectivity index (χ4v) is 2.20. The Morgan fingerprint density at radius 1 is 1.56 bits per heavy atom. The van der Waals surface area contributed by atoms with Gasteiger partial charge in [-0.1, -0.05) is 6.08 Å². The highest BCUT2D eigenvalue weighted by molar-refractivity contribution is 6.29. The summed E-state index contributed by atoms with van der Waals surface area (Å²) in [4.78, 5) is 29.9. The summed E-state index contributed by atoms with van der Waals surface area (Å²) in [6, 6.07) is -0.189. The largest absolute Gasteiger partial charge is 0.330 e. The molecule has 2 aromatic heterocycles. The lowest BCUT2D eigenvalue weighted by molar-refractivity contribution is 0.676. The van der Waals surface area contributed by atoms with Crippen molar-refractivity contribution < 1.29 is 0 Å². The third-order valence-corrected chi connectivity index (χ3v) is 3.12. The first-order chi connectivity index (χ1) is 8.51. The van der Waals surface area contributed by atoms with Gasteiger partial charge in [0.25, 0.3) is 5.56 Å². The first-order valence-corrected chi connectivity index (χ1v) is 5.92. The molecule has 0 unspecified atom stereocenters. The Labute approximate surface area is 108 Å². The van der Waals surface area contributed by atoms with Crippen molar-refractivity contribution >= 4 is 22.8 Å². The maximum atomic E-state index is 11.9. The molecule has 2 aromatic rings. The number of aromatic nitrogens is 4. The molecule has 0 aliphatic carbocycles. The van der Waals surface area contributed by atoms with Gasteiger partial charge in [0.05, 0.1) is 6.04 Å². The molecule has 1 N–H and O–H groups in total. The monoisotopic (exact) mass is 268 g/mol. The molecule has 6 nitrogen and oxygen atoms in total. The number of fused-ring (bicyclic) bond motifs is 1. The molecule has 0 saturated heterocycles. The van der Waals surface area contributed by atoms with Crippen molar-refractivity contribution in [2.24, 2.45) is 0 Å². The van der Waals surface area contributed by atoms with E-state index in [2.05, 4.69) is 16.5 Å². The minimum atomic E-state index is -0.493. The lowest BCUT2D eigenvalue weighted by Crippen LogP contribution is -2.30. The number of rotatable bonds is 3. The normalized spacial score (nSPS) is 12.8. The van der Waals surface area contributed by atoms with Crippen LogP contribution in [0.3, 0.4) is 0 Å². The van der Waals surface area contributed by atoms with E-state index >= 15 is 0 Å². The molecule has 7 heteroatoms. The second-order valence-corrected chi connectivity index (χ2v) is 4.24. The second-order valence-electron chi connectivity index (χ2n) is 3.90. The molecule has 0 bridgehead atoms. The van der Waals surface area contributed by atoms with Crippen LogP contribution in [0.2, 0.25) is 5.28 Å². The predicted molar refractivity (Wildman–Crippen MR) is 70.2 cm³/mol. The highest BCUT2D eigenvalue weighted by atomic mass is 35.5. The van der Waals surface area contributed by atoms with Crippen LogP contribution in [0, 0.1) is 0 Å². The lowest BCUT2D eigenvalue weighted by Gasteiger charge is -2.10. The van der Waals surface area contributed by atoms with E-state index in [9.17, 15) is 9.59 Å². The van der Waals surface area contributed by atoms with Crippen molar-refractivity contribution in [3.8, 4) is 0 Å². The van der Waals surface area contributed by atoms with Gasteiger partial charge in [-0.05, 0) is 25.4 Å². The number of allylic oxidation sites excluding steroid dienone is 1. The van der Waals surface area contributed by atoms with Crippen molar-refractivity contribution in [1.82, 2.24) is 19.1 Å². The Morgan fingerprint density at radius 2 is 2.22 bits per heavy atom. The Kier molecular flexibility index (Phi) is 3.13. The molecular formula is C11H13ClN4O2. The average molecular weight is 269 g/mol. The Bertz CT molecular complexity index is 725. The molecule has 96 valence electrons. The molecule has 18 heavy (non-hydrogen) atoms. The lowest BCUT2D eigenvalue weighted by atomic mass is 10.3. The number of aromatic amines is 1. The molecule has 0 aromatic carbocycles. The van der Waals surface area contributed by atoms with Gasteiger partial charge in [0.1, 0.15) is 0 Å². The Balaban J connectivity index is 3.00. The van der Waals surface area contributed by atoms with Crippen LogP contribution in [0.5, 0.6) is 0 Å². The highest BCUT2D eigenvalue weighted by Crippen LogP contribution is 2.21. The van der Waals surface area contributed by atoms with Gasteiger partial charge in [-0.15, -0.1) is 6.58 Å². The summed E-state index contributed by atoms with van der Waals surface area (Å²) < 4.78 is 2.92. The van der Waals surface area contributed by atoms with Gasteiger partial charge in [-0.3, -0.25) is 14.3 Å². The number of nitrogens with one attached hydrogen (secondary N) is 1. The average Bonchev–Trinajstić information content (AvgIpc) is 2.66. The van der Waals surface area contributed by atoms with Crippen molar-refractivity contribution in [1.29, 1.82) is 0 Å². The van der Waals surface area contributed by atoms with Gasteiger partial charge in [0, 0.05) is 6.54 Å². The number of hydrogen-bond donors (Lipinski definition) is 1. The number of H-pyrrole nitrogens is 1. The van der Waals surface area contributed by atoms with Crippen LogP contribution in [0.25, 0.3) is 11.2 Å². The molecule has 0 saturated carbocycles. The molecule has 0 fully saturated rings. The van der Waals surface area contributed by atoms with Gasteiger partial charge in [0.2, 0.25) is 5.28 Å². The minimum absolute atomic E-state index is 0.163. The SMILES string of the molecule is C=C[C@@H](C)n1c(Cl)nc2c1c(=O)[nH]c(=O)n2CC. The van der Waals surface area contributed by atoms with Crippen LogP contribution in [-0.4, -0.2) is 19.1 Å². The molecule has 0 amide bonds. The predicted octanol–water partition coefficient (Wildman–Crippen LogP) is 1.31.